The number of carbonyl (C=O) groups excluding carboxylic acids is 1. The molecule has 0 fully saturated rings. The van der Waals surface area contributed by atoms with E-state index in [4.69, 9.17) is 9.47 Å². The van der Waals surface area contributed by atoms with Gasteiger partial charge in [-0.25, -0.2) is 0 Å². The molecule has 0 rings (SSSR count). The molecular formula is C11H22O4. The van der Waals surface area contributed by atoms with E-state index < -0.39 is 6.10 Å². The van der Waals surface area contributed by atoms with Gasteiger partial charge < -0.3 is 14.6 Å². The molecule has 0 aliphatic heterocycles. The second-order valence-electron chi connectivity index (χ2n) is 3.88. The Bertz CT molecular complexity index is 168. The summed E-state index contributed by atoms with van der Waals surface area (Å²) in [6.07, 6.45) is 0.348. The summed E-state index contributed by atoms with van der Waals surface area (Å²) in [5.74, 6) is 0.234. The lowest BCUT2D eigenvalue weighted by Crippen LogP contribution is -2.19. The number of carbonyl (C=O) groups is 1. The van der Waals surface area contributed by atoms with Gasteiger partial charge in [-0.15, -0.1) is 0 Å². The highest BCUT2D eigenvalue weighted by Crippen LogP contribution is 2.05. The summed E-state index contributed by atoms with van der Waals surface area (Å²) in [4.78, 5) is 11.3. The van der Waals surface area contributed by atoms with E-state index >= 15 is 0 Å². The number of ether oxygens (including phenoxy) is 2. The minimum atomic E-state index is -0.551. The Balaban J connectivity index is 3.40. The van der Waals surface area contributed by atoms with Gasteiger partial charge in [0.2, 0.25) is 0 Å². The molecule has 15 heavy (non-hydrogen) atoms. The Morgan fingerprint density at radius 3 is 2.53 bits per heavy atom. The number of aliphatic hydroxyl groups excluding tert-OH is 1. The molecule has 0 aromatic carbocycles. The van der Waals surface area contributed by atoms with Crippen LogP contribution in [0.5, 0.6) is 0 Å². The van der Waals surface area contributed by atoms with Crippen LogP contribution in [0.2, 0.25) is 0 Å². The number of hydrogen-bond donors (Lipinski definition) is 1. The second-order valence-corrected chi connectivity index (χ2v) is 3.88. The Morgan fingerprint density at radius 1 is 1.33 bits per heavy atom. The van der Waals surface area contributed by atoms with E-state index in [9.17, 15) is 9.90 Å². The molecule has 90 valence electrons. The maximum atomic E-state index is 11.3. The number of rotatable bonds is 9. The van der Waals surface area contributed by atoms with E-state index in [1.807, 2.05) is 13.8 Å². The zero-order valence-corrected chi connectivity index (χ0v) is 9.86. The number of ketones is 1. The molecule has 1 atom stereocenters. The summed E-state index contributed by atoms with van der Waals surface area (Å²) in [5, 5.41) is 9.46. The van der Waals surface area contributed by atoms with E-state index in [1.165, 1.54) is 0 Å². The van der Waals surface area contributed by atoms with E-state index in [2.05, 4.69) is 0 Å². The molecule has 1 N–H and O–H groups in total. The molecule has 0 amide bonds. The topological polar surface area (TPSA) is 55.8 Å². The van der Waals surface area contributed by atoms with Gasteiger partial charge in [0.05, 0.1) is 25.9 Å². The number of aliphatic hydroxyl groups is 1. The summed E-state index contributed by atoms with van der Waals surface area (Å²) in [7, 11) is 1.60. The highest BCUT2D eigenvalue weighted by molar-refractivity contribution is 5.80. The van der Waals surface area contributed by atoms with Crippen molar-refractivity contribution in [1.29, 1.82) is 0 Å². The van der Waals surface area contributed by atoms with Crippen LogP contribution < -0.4 is 0 Å². The summed E-state index contributed by atoms with van der Waals surface area (Å²) >= 11 is 0. The van der Waals surface area contributed by atoms with Crippen LogP contribution in [0.4, 0.5) is 0 Å². The minimum Gasteiger partial charge on any atom is -0.391 e. The molecule has 0 aromatic heterocycles. The number of hydrogen-bond acceptors (Lipinski definition) is 4. The third kappa shape index (κ3) is 8.54. The van der Waals surface area contributed by atoms with Gasteiger partial charge in [-0.1, -0.05) is 13.8 Å². The number of Topliss-reactive ketones (excluding diaryl/α,β-unsaturated/α-hetero) is 1. The van der Waals surface area contributed by atoms with E-state index in [0.29, 0.717) is 26.1 Å². The average Bonchev–Trinajstić information content (AvgIpc) is 2.20. The summed E-state index contributed by atoms with van der Waals surface area (Å²) in [5.41, 5.74) is 0. The van der Waals surface area contributed by atoms with Crippen LogP contribution in [0.15, 0.2) is 0 Å². The first-order valence-electron chi connectivity index (χ1n) is 5.35. The molecule has 1 unspecified atom stereocenters. The van der Waals surface area contributed by atoms with Crippen molar-refractivity contribution in [2.45, 2.75) is 32.8 Å². The Hall–Kier alpha value is -0.450. The first kappa shape index (κ1) is 14.6. The van der Waals surface area contributed by atoms with Crippen LogP contribution in [-0.4, -0.2) is 43.9 Å². The summed E-state index contributed by atoms with van der Waals surface area (Å²) < 4.78 is 9.93. The van der Waals surface area contributed by atoms with E-state index in [-0.39, 0.29) is 18.3 Å². The number of methoxy groups -OCH3 is 1. The Morgan fingerprint density at radius 2 is 2.00 bits per heavy atom. The van der Waals surface area contributed by atoms with Crippen LogP contribution >= 0.6 is 0 Å². The fraction of sp³-hybridized carbons (Fsp3) is 0.909. The second kappa shape index (κ2) is 8.83. The molecule has 0 spiro atoms. The zero-order chi connectivity index (χ0) is 11.7. The van der Waals surface area contributed by atoms with Crippen LogP contribution in [0, 0.1) is 5.92 Å². The van der Waals surface area contributed by atoms with Gasteiger partial charge in [0.15, 0.2) is 0 Å². The molecule has 0 saturated heterocycles. The Kier molecular flexibility index (Phi) is 8.56. The van der Waals surface area contributed by atoms with E-state index in [1.54, 1.807) is 7.11 Å². The van der Waals surface area contributed by atoms with Gasteiger partial charge in [-0.05, 0) is 6.42 Å². The van der Waals surface area contributed by atoms with E-state index in [0.717, 1.165) is 0 Å². The first-order valence-corrected chi connectivity index (χ1v) is 5.35. The molecule has 0 aliphatic rings. The van der Waals surface area contributed by atoms with Crippen LogP contribution in [-0.2, 0) is 14.3 Å². The van der Waals surface area contributed by atoms with Crippen molar-refractivity contribution >= 4 is 5.78 Å². The van der Waals surface area contributed by atoms with Crippen molar-refractivity contribution in [2.24, 2.45) is 5.92 Å². The van der Waals surface area contributed by atoms with Gasteiger partial charge in [0.25, 0.3) is 0 Å². The fourth-order valence-electron chi connectivity index (χ4n) is 1.04. The van der Waals surface area contributed by atoms with Gasteiger partial charge in [0, 0.05) is 19.4 Å². The third-order valence-corrected chi connectivity index (χ3v) is 2.11. The quantitative estimate of drug-likeness (QED) is 0.587. The lowest BCUT2D eigenvalue weighted by Gasteiger charge is -2.11. The van der Waals surface area contributed by atoms with Crippen molar-refractivity contribution in [2.75, 3.05) is 26.9 Å². The summed E-state index contributed by atoms with van der Waals surface area (Å²) in [6.45, 7) is 5.01. The molecule has 0 aliphatic carbocycles. The maximum absolute atomic E-state index is 11.3. The SMILES string of the molecule is COCCOCC(O)CCC(=O)C(C)C. The van der Waals surface area contributed by atoms with Crippen LogP contribution in [0.25, 0.3) is 0 Å². The largest absolute Gasteiger partial charge is 0.391 e. The molecule has 4 heteroatoms. The standard InChI is InChI=1S/C11H22O4/c1-9(2)11(13)5-4-10(12)8-15-7-6-14-3/h9-10,12H,4-8H2,1-3H3. The van der Waals surface area contributed by atoms with Gasteiger partial charge in [-0.3, -0.25) is 4.79 Å². The lowest BCUT2D eigenvalue weighted by atomic mass is 10.0. The molecule has 0 radical (unpaired) electrons. The maximum Gasteiger partial charge on any atom is 0.135 e. The van der Waals surface area contributed by atoms with Crippen molar-refractivity contribution in [3.63, 3.8) is 0 Å². The smallest absolute Gasteiger partial charge is 0.135 e. The van der Waals surface area contributed by atoms with Crippen molar-refractivity contribution in [3.8, 4) is 0 Å². The normalized spacial score (nSPS) is 13.1. The van der Waals surface area contributed by atoms with Gasteiger partial charge >= 0.3 is 0 Å². The van der Waals surface area contributed by atoms with Crippen molar-refractivity contribution < 1.29 is 19.4 Å². The monoisotopic (exact) mass is 218 g/mol. The fourth-order valence-corrected chi connectivity index (χ4v) is 1.04. The molecule has 0 aromatic rings. The minimum absolute atomic E-state index is 0.0478. The Labute approximate surface area is 91.6 Å². The van der Waals surface area contributed by atoms with Crippen LogP contribution in [0.1, 0.15) is 26.7 Å². The van der Waals surface area contributed by atoms with Gasteiger partial charge in [0.1, 0.15) is 5.78 Å². The highest BCUT2D eigenvalue weighted by Gasteiger charge is 2.10. The molecule has 0 bridgehead atoms. The van der Waals surface area contributed by atoms with Crippen LogP contribution in [0.3, 0.4) is 0 Å². The average molecular weight is 218 g/mol. The molecule has 0 heterocycles. The highest BCUT2D eigenvalue weighted by atomic mass is 16.5. The third-order valence-electron chi connectivity index (χ3n) is 2.11. The predicted octanol–water partition coefficient (Wildman–Crippen LogP) is 1.02. The van der Waals surface area contributed by atoms with Crippen molar-refractivity contribution in [3.05, 3.63) is 0 Å². The zero-order valence-electron chi connectivity index (χ0n) is 9.86. The first-order chi connectivity index (χ1) is 7.07. The van der Waals surface area contributed by atoms with Gasteiger partial charge in [-0.2, -0.15) is 0 Å². The molecule has 0 saturated carbocycles. The predicted molar refractivity (Wildman–Crippen MR) is 57.8 cm³/mol. The lowest BCUT2D eigenvalue weighted by molar-refractivity contribution is -0.122. The summed E-state index contributed by atoms with van der Waals surface area (Å²) in [6, 6.07) is 0. The van der Waals surface area contributed by atoms with Crippen molar-refractivity contribution in [1.82, 2.24) is 0 Å². The molecule has 4 nitrogen and oxygen atoms in total. The molecular weight excluding hydrogens is 196 g/mol.